The summed E-state index contributed by atoms with van der Waals surface area (Å²) in [5.41, 5.74) is 1.79. The lowest BCUT2D eigenvalue weighted by Crippen LogP contribution is -2.13. The monoisotopic (exact) mass is 467 g/mol. The van der Waals surface area contributed by atoms with Crippen molar-refractivity contribution >= 4 is 50.8 Å². The first-order valence-electron chi connectivity index (χ1n) is 9.75. The van der Waals surface area contributed by atoms with Crippen molar-refractivity contribution in [2.75, 3.05) is 11.9 Å². The lowest BCUT2D eigenvalue weighted by Gasteiger charge is -2.11. The Labute approximate surface area is 193 Å². The number of rotatable bonds is 7. The molecule has 0 radical (unpaired) electrons. The topological polar surface area (TPSA) is 90.4 Å². The zero-order valence-electron chi connectivity index (χ0n) is 17.0. The Morgan fingerprint density at radius 2 is 1.91 bits per heavy atom. The lowest BCUT2D eigenvalue weighted by molar-refractivity contribution is 0.0531. The molecule has 0 bridgehead atoms. The zero-order chi connectivity index (χ0) is 22.5. The number of thiazole rings is 1. The van der Waals surface area contributed by atoms with Crippen LogP contribution in [0, 0.1) is 0 Å². The summed E-state index contributed by atoms with van der Waals surface area (Å²) < 4.78 is 10.8. The molecule has 1 amide bonds. The van der Waals surface area contributed by atoms with E-state index in [4.69, 9.17) is 21.1 Å². The van der Waals surface area contributed by atoms with E-state index in [1.165, 1.54) is 6.20 Å². The third-order valence-corrected chi connectivity index (χ3v) is 5.74. The predicted molar refractivity (Wildman–Crippen MR) is 124 cm³/mol. The number of nitrogens with zero attached hydrogens (tertiary/aromatic N) is 2. The van der Waals surface area contributed by atoms with Crippen molar-refractivity contribution in [1.82, 2.24) is 9.97 Å². The van der Waals surface area contributed by atoms with Crippen LogP contribution in [0.5, 0.6) is 5.88 Å². The van der Waals surface area contributed by atoms with Crippen molar-refractivity contribution in [3.8, 4) is 5.88 Å². The Hall–Kier alpha value is -3.49. The maximum absolute atomic E-state index is 13.0. The number of amides is 1. The molecule has 0 saturated carbocycles. The van der Waals surface area contributed by atoms with Gasteiger partial charge in [0.2, 0.25) is 5.88 Å². The van der Waals surface area contributed by atoms with E-state index < -0.39 is 11.9 Å². The highest BCUT2D eigenvalue weighted by atomic mass is 35.5. The van der Waals surface area contributed by atoms with Crippen molar-refractivity contribution in [2.45, 2.75) is 13.5 Å². The Morgan fingerprint density at radius 3 is 2.72 bits per heavy atom. The number of nitrogens with one attached hydrogen (secondary N) is 1. The van der Waals surface area contributed by atoms with Gasteiger partial charge in [0, 0.05) is 22.0 Å². The molecule has 0 saturated heterocycles. The third kappa shape index (κ3) is 4.87. The number of carbonyl (C=O) groups excluding carboxylic acids is 2. The Balaban J connectivity index is 1.59. The zero-order valence-corrected chi connectivity index (χ0v) is 18.6. The van der Waals surface area contributed by atoms with Gasteiger partial charge in [-0.15, -0.1) is 0 Å². The average molecular weight is 468 g/mol. The van der Waals surface area contributed by atoms with Crippen LogP contribution in [0.25, 0.3) is 10.9 Å². The first-order chi connectivity index (χ1) is 15.5. The second kappa shape index (κ2) is 9.76. The van der Waals surface area contributed by atoms with Crippen molar-refractivity contribution in [1.29, 1.82) is 0 Å². The van der Waals surface area contributed by atoms with E-state index >= 15 is 0 Å². The van der Waals surface area contributed by atoms with E-state index in [0.717, 1.165) is 16.9 Å². The van der Waals surface area contributed by atoms with Crippen LogP contribution in [0.3, 0.4) is 0 Å². The number of ether oxygens (including phenoxy) is 2. The molecule has 0 fully saturated rings. The van der Waals surface area contributed by atoms with Crippen LogP contribution in [-0.4, -0.2) is 28.5 Å². The number of aromatic nitrogens is 2. The molecule has 4 aromatic rings. The minimum absolute atomic E-state index is 0.210. The maximum atomic E-state index is 13.0. The van der Waals surface area contributed by atoms with Gasteiger partial charge in [0.25, 0.3) is 5.91 Å². The smallest absolute Gasteiger partial charge is 0.350 e. The molecule has 0 aliphatic carbocycles. The summed E-state index contributed by atoms with van der Waals surface area (Å²) in [6, 6.07) is 16.2. The van der Waals surface area contributed by atoms with Crippen LogP contribution in [0.15, 0.2) is 60.8 Å². The summed E-state index contributed by atoms with van der Waals surface area (Å²) in [6.07, 6.45) is 1.38. The number of pyridine rings is 1. The summed E-state index contributed by atoms with van der Waals surface area (Å²) in [7, 11) is 0. The quantitative estimate of drug-likeness (QED) is 0.368. The Morgan fingerprint density at radius 1 is 1.12 bits per heavy atom. The molecule has 0 aliphatic rings. The lowest BCUT2D eigenvalue weighted by atomic mass is 10.1. The normalized spacial score (nSPS) is 10.7. The standard InChI is InChI=1S/C23H18ClN3O4S/c1-2-30-22(29)19-12-25-23(32-19)27-21(28)16-11-20(26-18-10-6-4-8-15(16)18)31-13-14-7-3-5-9-17(14)24/h3-12H,2,13H2,1H3,(H,25,27,28). The van der Waals surface area contributed by atoms with Gasteiger partial charge >= 0.3 is 5.97 Å². The van der Waals surface area contributed by atoms with Crippen molar-refractivity contribution < 1.29 is 19.1 Å². The van der Waals surface area contributed by atoms with Crippen molar-refractivity contribution in [3.05, 3.63) is 81.8 Å². The van der Waals surface area contributed by atoms with Gasteiger partial charge < -0.3 is 9.47 Å². The molecule has 0 aliphatic heterocycles. The second-order valence-corrected chi connectivity index (χ2v) is 8.05. The van der Waals surface area contributed by atoms with Crippen LogP contribution >= 0.6 is 22.9 Å². The highest BCUT2D eigenvalue weighted by Gasteiger charge is 2.17. The fraction of sp³-hybridized carbons (Fsp3) is 0.130. The Bertz CT molecular complexity index is 1290. The number of para-hydroxylation sites is 1. The number of benzene rings is 2. The van der Waals surface area contributed by atoms with Crippen LogP contribution in [-0.2, 0) is 11.3 Å². The molecule has 9 heteroatoms. The van der Waals surface area contributed by atoms with Gasteiger partial charge in [0.1, 0.15) is 11.5 Å². The average Bonchev–Trinajstić information content (AvgIpc) is 3.26. The number of anilines is 1. The maximum Gasteiger partial charge on any atom is 0.350 e. The van der Waals surface area contributed by atoms with Gasteiger partial charge in [-0.25, -0.2) is 14.8 Å². The molecule has 0 atom stereocenters. The minimum atomic E-state index is -0.477. The molecule has 7 nitrogen and oxygen atoms in total. The van der Waals surface area contributed by atoms with Crippen LogP contribution < -0.4 is 10.1 Å². The number of carbonyl (C=O) groups is 2. The van der Waals surface area contributed by atoms with Gasteiger partial charge in [0.05, 0.1) is 23.9 Å². The summed E-state index contributed by atoms with van der Waals surface area (Å²) in [5, 5.41) is 4.28. The SMILES string of the molecule is CCOC(=O)c1cnc(NC(=O)c2cc(OCc3ccccc3Cl)nc3ccccc23)s1. The molecule has 2 heterocycles. The number of halogens is 1. The summed E-state index contributed by atoms with van der Waals surface area (Å²) >= 11 is 7.24. The Kier molecular flexibility index (Phi) is 6.63. The van der Waals surface area contributed by atoms with Crippen molar-refractivity contribution in [2.24, 2.45) is 0 Å². The van der Waals surface area contributed by atoms with Gasteiger partial charge in [-0.05, 0) is 19.1 Å². The largest absolute Gasteiger partial charge is 0.473 e. The van der Waals surface area contributed by atoms with Gasteiger partial charge in [0.15, 0.2) is 5.13 Å². The highest BCUT2D eigenvalue weighted by Crippen LogP contribution is 2.26. The molecular weight excluding hydrogens is 450 g/mol. The summed E-state index contributed by atoms with van der Waals surface area (Å²) in [4.78, 5) is 33.8. The first kappa shape index (κ1) is 21.7. The molecule has 32 heavy (non-hydrogen) atoms. The van der Waals surface area contributed by atoms with Crippen LogP contribution in [0.2, 0.25) is 5.02 Å². The predicted octanol–water partition coefficient (Wildman–Crippen LogP) is 5.35. The minimum Gasteiger partial charge on any atom is -0.473 e. The van der Waals surface area contributed by atoms with Crippen LogP contribution in [0.1, 0.15) is 32.5 Å². The summed E-state index contributed by atoms with van der Waals surface area (Å²) in [6.45, 7) is 2.20. The van der Waals surface area contributed by atoms with Gasteiger partial charge in [-0.2, -0.15) is 0 Å². The molecule has 4 rings (SSSR count). The number of esters is 1. The molecule has 1 N–H and O–H groups in total. The van der Waals surface area contributed by atoms with E-state index in [-0.39, 0.29) is 18.3 Å². The fourth-order valence-corrected chi connectivity index (χ4v) is 3.87. The molecule has 0 spiro atoms. The molecule has 2 aromatic heterocycles. The third-order valence-electron chi connectivity index (χ3n) is 4.47. The molecule has 2 aromatic carbocycles. The second-order valence-electron chi connectivity index (χ2n) is 6.61. The fourth-order valence-electron chi connectivity index (χ4n) is 2.97. The van der Waals surface area contributed by atoms with E-state index in [1.807, 2.05) is 30.3 Å². The number of fused-ring (bicyclic) bond motifs is 1. The van der Waals surface area contributed by atoms with E-state index in [0.29, 0.717) is 32.2 Å². The summed E-state index contributed by atoms with van der Waals surface area (Å²) in [5.74, 6) is -0.578. The molecule has 0 unspecified atom stereocenters. The van der Waals surface area contributed by atoms with E-state index in [9.17, 15) is 9.59 Å². The van der Waals surface area contributed by atoms with E-state index in [2.05, 4.69) is 15.3 Å². The molecular formula is C23H18ClN3O4S. The van der Waals surface area contributed by atoms with E-state index in [1.54, 1.807) is 31.2 Å². The van der Waals surface area contributed by atoms with Gasteiger partial charge in [-0.1, -0.05) is 59.3 Å². The molecule has 162 valence electrons. The number of hydrogen-bond donors (Lipinski definition) is 1. The van der Waals surface area contributed by atoms with Crippen molar-refractivity contribution in [3.63, 3.8) is 0 Å². The highest BCUT2D eigenvalue weighted by molar-refractivity contribution is 7.17. The number of hydrogen-bond acceptors (Lipinski definition) is 7. The van der Waals surface area contributed by atoms with Crippen LogP contribution in [0.4, 0.5) is 5.13 Å². The van der Waals surface area contributed by atoms with Gasteiger partial charge in [-0.3, -0.25) is 10.1 Å². The first-order valence-corrected chi connectivity index (χ1v) is 10.9.